The average molecular weight is 307 g/mol. The fourth-order valence-electron chi connectivity index (χ4n) is 3.94. The standard InChI is InChI=1S/C17H25NO4/c1-10(11-5-6-11)18-15(19)9-22-17(21)14-7-12-3-2-4-13(8-14)16(12)20/h10-14H,2-9H2,1H3,(H,18,19)/t10-,12-,13+,14?/m0/s1. The lowest BCUT2D eigenvalue weighted by Crippen LogP contribution is -2.41. The number of Topliss-reactive ketones (excluding diaryl/α,β-unsaturated/α-hetero) is 1. The van der Waals surface area contributed by atoms with Gasteiger partial charge >= 0.3 is 5.97 Å². The molecule has 0 aromatic rings. The van der Waals surface area contributed by atoms with Crippen LogP contribution >= 0.6 is 0 Å². The molecule has 4 atom stereocenters. The molecule has 0 heterocycles. The van der Waals surface area contributed by atoms with Crippen LogP contribution in [0.2, 0.25) is 0 Å². The van der Waals surface area contributed by atoms with Crippen LogP contribution in [0.1, 0.15) is 51.9 Å². The lowest BCUT2D eigenvalue weighted by Gasteiger charge is -2.36. The van der Waals surface area contributed by atoms with Gasteiger partial charge in [0.1, 0.15) is 5.78 Å². The van der Waals surface area contributed by atoms with Gasteiger partial charge in [-0.2, -0.15) is 0 Å². The maximum atomic E-state index is 12.2. The lowest BCUT2D eigenvalue weighted by molar-refractivity contribution is -0.156. The van der Waals surface area contributed by atoms with Crippen molar-refractivity contribution in [3.05, 3.63) is 0 Å². The highest BCUT2D eigenvalue weighted by Gasteiger charge is 2.42. The first-order valence-electron chi connectivity index (χ1n) is 8.54. The summed E-state index contributed by atoms with van der Waals surface area (Å²) >= 11 is 0. The molecule has 122 valence electrons. The fraction of sp³-hybridized carbons (Fsp3) is 0.824. The van der Waals surface area contributed by atoms with Crippen LogP contribution in [0.25, 0.3) is 0 Å². The summed E-state index contributed by atoms with van der Waals surface area (Å²) in [5.41, 5.74) is 0. The van der Waals surface area contributed by atoms with Crippen LogP contribution in [-0.2, 0) is 19.1 Å². The highest BCUT2D eigenvalue weighted by Crippen LogP contribution is 2.40. The maximum Gasteiger partial charge on any atom is 0.309 e. The molecule has 2 bridgehead atoms. The van der Waals surface area contributed by atoms with E-state index in [4.69, 9.17) is 4.74 Å². The molecule has 3 fully saturated rings. The van der Waals surface area contributed by atoms with Gasteiger partial charge in [-0.15, -0.1) is 0 Å². The van der Waals surface area contributed by atoms with E-state index >= 15 is 0 Å². The highest BCUT2D eigenvalue weighted by atomic mass is 16.5. The van der Waals surface area contributed by atoms with Crippen molar-refractivity contribution in [2.24, 2.45) is 23.7 Å². The van der Waals surface area contributed by atoms with E-state index in [-0.39, 0.29) is 42.3 Å². The van der Waals surface area contributed by atoms with Crippen LogP contribution in [0.4, 0.5) is 0 Å². The number of hydrogen-bond donors (Lipinski definition) is 1. The van der Waals surface area contributed by atoms with Gasteiger partial charge in [0.15, 0.2) is 6.61 Å². The summed E-state index contributed by atoms with van der Waals surface area (Å²) in [6.45, 7) is 1.79. The van der Waals surface area contributed by atoms with Gasteiger partial charge in [0.2, 0.25) is 0 Å². The van der Waals surface area contributed by atoms with Crippen molar-refractivity contribution in [3.8, 4) is 0 Å². The van der Waals surface area contributed by atoms with Gasteiger partial charge in [-0.05, 0) is 51.4 Å². The minimum absolute atomic E-state index is 0.0359. The van der Waals surface area contributed by atoms with Crippen molar-refractivity contribution in [2.45, 2.75) is 57.9 Å². The average Bonchev–Trinajstić information content (AvgIpc) is 3.29. The Hall–Kier alpha value is -1.39. The molecule has 0 aromatic heterocycles. The number of rotatable bonds is 5. The highest BCUT2D eigenvalue weighted by molar-refractivity contribution is 5.88. The second-order valence-corrected chi connectivity index (χ2v) is 7.20. The zero-order valence-corrected chi connectivity index (χ0v) is 13.2. The molecular weight excluding hydrogens is 282 g/mol. The third-order valence-corrected chi connectivity index (χ3v) is 5.44. The molecule has 0 aliphatic heterocycles. The Bertz CT molecular complexity index is 455. The van der Waals surface area contributed by atoms with Crippen LogP contribution in [0.15, 0.2) is 0 Å². The third kappa shape index (κ3) is 3.50. The number of nitrogens with one attached hydrogen (secondary N) is 1. The number of esters is 1. The van der Waals surface area contributed by atoms with Crippen molar-refractivity contribution in [3.63, 3.8) is 0 Å². The number of fused-ring (bicyclic) bond motifs is 2. The van der Waals surface area contributed by atoms with Crippen LogP contribution in [0, 0.1) is 23.7 Å². The largest absolute Gasteiger partial charge is 0.455 e. The molecule has 3 aliphatic carbocycles. The molecule has 1 amide bonds. The first-order chi connectivity index (χ1) is 10.5. The summed E-state index contributed by atoms with van der Waals surface area (Å²) in [5, 5.41) is 2.88. The van der Waals surface area contributed by atoms with E-state index in [1.807, 2.05) is 6.92 Å². The van der Waals surface area contributed by atoms with Crippen molar-refractivity contribution in [1.82, 2.24) is 5.32 Å². The van der Waals surface area contributed by atoms with Gasteiger partial charge < -0.3 is 10.1 Å². The molecule has 0 aromatic carbocycles. The van der Waals surface area contributed by atoms with E-state index < -0.39 is 0 Å². The van der Waals surface area contributed by atoms with E-state index in [2.05, 4.69) is 5.32 Å². The number of ketones is 1. The van der Waals surface area contributed by atoms with Crippen LogP contribution in [0.5, 0.6) is 0 Å². The monoisotopic (exact) mass is 307 g/mol. The Balaban J connectivity index is 1.43. The maximum absolute atomic E-state index is 12.2. The molecule has 3 saturated carbocycles. The third-order valence-electron chi connectivity index (χ3n) is 5.44. The molecule has 1 unspecified atom stereocenters. The normalized spacial score (nSPS) is 32.2. The summed E-state index contributed by atoms with van der Waals surface area (Å²) in [5.74, 6) is 0.261. The molecule has 3 aliphatic rings. The van der Waals surface area contributed by atoms with E-state index in [1.54, 1.807) is 0 Å². The van der Waals surface area contributed by atoms with E-state index in [0.717, 1.165) is 19.3 Å². The quantitative estimate of drug-likeness (QED) is 0.787. The number of carbonyl (C=O) groups is 3. The van der Waals surface area contributed by atoms with Crippen LogP contribution in [0.3, 0.4) is 0 Å². The molecule has 1 N–H and O–H groups in total. The summed E-state index contributed by atoms with van der Waals surface area (Å²) in [7, 11) is 0. The zero-order chi connectivity index (χ0) is 15.7. The Labute approximate surface area is 131 Å². The molecule has 5 nitrogen and oxygen atoms in total. The van der Waals surface area contributed by atoms with Gasteiger partial charge in [0.05, 0.1) is 5.92 Å². The van der Waals surface area contributed by atoms with Crippen LogP contribution < -0.4 is 5.32 Å². The van der Waals surface area contributed by atoms with Crippen molar-refractivity contribution < 1.29 is 19.1 Å². The zero-order valence-electron chi connectivity index (χ0n) is 13.2. The second kappa shape index (κ2) is 6.39. The van der Waals surface area contributed by atoms with Gasteiger partial charge in [-0.25, -0.2) is 0 Å². The van der Waals surface area contributed by atoms with E-state index in [1.165, 1.54) is 12.8 Å². The Kier molecular flexibility index (Phi) is 4.50. The molecule has 5 heteroatoms. The van der Waals surface area contributed by atoms with Gasteiger partial charge in [-0.1, -0.05) is 6.42 Å². The van der Waals surface area contributed by atoms with Gasteiger partial charge in [-0.3, -0.25) is 14.4 Å². The van der Waals surface area contributed by atoms with E-state index in [9.17, 15) is 14.4 Å². The molecular formula is C17H25NO4. The van der Waals surface area contributed by atoms with Crippen molar-refractivity contribution >= 4 is 17.7 Å². The van der Waals surface area contributed by atoms with Crippen molar-refractivity contribution in [1.29, 1.82) is 0 Å². The minimum Gasteiger partial charge on any atom is -0.455 e. The summed E-state index contributed by atoms with van der Waals surface area (Å²) in [6, 6.07) is 0.165. The van der Waals surface area contributed by atoms with Crippen molar-refractivity contribution in [2.75, 3.05) is 6.61 Å². The number of carbonyl (C=O) groups excluding carboxylic acids is 3. The molecule has 3 rings (SSSR count). The van der Waals surface area contributed by atoms with E-state index in [0.29, 0.717) is 24.5 Å². The minimum atomic E-state index is -0.307. The number of ether oxygens (including phenoxy) is 1. The molecule has 22 heavy (non-hydrogen) atoms. The molecule has 0 saturated heterocycles. The second-order valence-electron chi connectivity index (χ2n) is 7.20. The van der Waals surface area contributed by atoms with Gasteiger partial charge in [0.25, 0.3) is 5.91 Å². The fourth-order valence-corrected chi connectivity index (χ4v) is 3.94. The first-order valence-corrected chi connectivity index (χ1v) is 8.54. The van der Waals surface area contributed by atoms with Gasteiger partial charge in [0, 0.05) is 17.9 Å². The molecule has 0 spiro atoms. The van der Waals surface area contributed by atoms with Crippen LogP contribution in [-0.4, -0.2) is 30.3 Å². The Morgan fingerprint density at radius 2 is 1.82 bits per heavy atom. The summed E-state index contributed by atoms with van der Waals surface area (Å²) in [6.07, 6.45) is 6.43. The number of amides is 1. The number of hydrogen-bond acceptors (Lipinski definition) is 4. The smallest absolute Gasteiger partial charge is 0.309 e. The molecule has 0 radical (unpaired) electrons. The Morgan fingerprint density at radius 1 is 1.18 bits per heavy atom. The Morgan fingerprint density at radius 3 is 2.41 bits per heavy atom. The lowest BCUT2D eigenvalue weighted by atomic mass is 9.67. The SMILES string of the molecule is C[C@H](NC(=O)COC(=O)C1C[C@H]2CCC[C@@H](C1)C2=O)C1CC1. The summed E-state index contributed by atoms with van der Waals surface area (Å²) < 4.78 is 5.18. The first kappa shape index (κ1) is 15.5. The predicted molar refractivity (Wildman–Crippen MR) is 79.8 cm³/mol. The summed E-state index contributed by atoms with van der Waals surface area (Å²) in [4.78, 5) is 36.0. The predicted octanol–water partition coefficient (Wildman–Crippen LogP) is 1.84. The topological polar surface area (TPSA) is 72.5 Å².